The van der Waals surface area contributed by atoms with Crippen molar-refractivity contribution >= 4 is 5.91 Å². The average Bonchev–Trinajstić information content (AvgIpc) is 2.67. The first-order chi connectivity index (χ1) is 6.79. The molecule has 1 N–H and O–H groups in total. The summed E-state index contributed by atoms with van der Waals surface area (Å²) >= 11 is 0. The van der Waals surface area contributed by atoms with Crippen molar-refractivity contribution in [2.75, 3.05) is 19.6 Å². The van der Waals surface area contributed by atoms with E-state index in [2.05, 4.69) is 24.1 Å². The van der Waals surface area contributed by atoms with E-state index < -0.39 is 0 Å². The molecule has 0 saturated carbocycles. The van der Waals surface area contributed by atoms with E-state index in [1.165, 1.54) is 0 Å². The van der Waals surface area contributed by atoms with Crippen LogP contribution in [-0.4, -0.2) is 36.5 Å². The number of carbonyl (C=O) groups is 1. The Morgan fingerprint density at radius 2 is 2.43 bits per heavy atom. The predicted molar refractivity (Wildman–Crippen MR) is 56.7 cm³/mol. The molecule has 1 aliphatic heterocycles. The molecule has 1 fully saturated rings. The van der Waals surface area contributed by atoms with Crippen LogP contribution >= 0.6 is 0 Å². The van der Waals surface area contributed by atoms with Gasteiger partial charge in [0, 0.05) is 19.1 Å². The number of hydrogen-bond acceptors (Lipinski definition) is 2. The van der Waals surface area contributed by atoms with Gasteiger partial charge in [0.1, 0.15) is 0 Å². The van der Waals surface area contributed by atoms with Gasteiger partial charge in [0.15, 0.2) is 0 Å². The van der Waals surface area contributed by atoms with Gasteiger partial charge in [0.25, 0.3) is 5.91 Å². The van der Waals surface area contributed by atoms with E-state index in [9.17, 15) is 4.79 Å². The highest BCUT2D eigenvalue weighted by Gasteiger charge is 2.24. The van der Waals surface area contributed by atoms with Crippen LogP contribution in [0.4, 0.5) is 0 Å². The minimum atomic E-state index is -0.0250. The lowest BCUT2D eigenvalue weighted by atomic mass is 10.2. The fourth-order valence-electron chi connectivity index (χ4n) is 1.78. The fraction of sp³-hybridized carbons (Fsp3) is 0.727. The minimum Gasteiger partial charge on any atom is -0.328 e. The van der Waals surface area contributed by atoms with Crippen molar-refractivity contribution in [3.05, 3.63) is 0 Å². The molecule has 3 nitrogen and oxygen atoms in total. The molecule has 78 valence electrons. The Morgan fingerprint density at radius 3 is 2.93 bits per heavy atom. The first kappa shape index (κ1) is 11.1. The topological polar surface area (TPSA) is 32.3 Å². The van der Waals surface area contributed by atoms with E-state index in [0.717, 1.165) is 32.5 Å². The maximum atomic E-state index is 11.6. The van der Waals surface area contributed by atoms with Crippen LogP contribution in [0.3, 0.4) is 0 Å². The summed E-state index contributed by atoms with van der Waals surface area (Å²) < 4.78 is 0. The molecule has 0 bridgehead atoms. The molecule has 1 rings (SSSR count). The number of rotatable bonds is 3. The first-order valence-corrected chi connectivity index (χ1v) is 5.23. The second-order valence-corrected chi connectivity index (χ2v) is 3.52. The third-order valence-corrected chi connectivity index (χ3v) is 2.43. The molecule has 1 heterocycles. The Hall–Kier alpha value is -1.01. The normalized spacial score (nSPS) is 20.0. The smallest absolute Gasteiger partial charge is 0.298 e. The number of hydrogen-bond donors (Lipinski definition) is 1. The SMILES string of the molecule is CC#CC(=O)N(CCC)C1CCNC1. The van der Waals surface area contributed by atoms with Crippen LogP contribution in [0.5, 0.6) is 0 Å². The standard InChI is InChI=1S/C11H18N2O/c1-3-5-11(14)13(8-4-2)10-6-7-12-9-10/h10,12H,4,6-9H2,1-2H3. The van der Waals surface area contributed by atoms with Crippen molar-refractivity contribution in [1.29, 1.82) is 0 Å². The van der Waals surface area contributed by atoms with Gasteiger partial charge in [-0.05, 0) is 32.2 Å². The summed E-state index contributed by atoms with van der Waals surface area (Å²) in [5, 5.41) is 3.27. The van der Waals surface area contributed by atoms with Crippen LogP contribution in [0, 0.1) is 11.8 Å². The summed E-state index contributed by atoms with van der Waals surface area (Å²) in [4.78, 5) is 13.5. The molecule has 1 amide bonds. The summed E-state index contributed by atoms with van der Waals surface area (Å²) in [6.07, 6.45) is 2.05. The van der Waals surface area contributed by atoms with Crippen molar-refractivity contribution in [3.63, 3.8) is 0 Å². The van der Waals surface area contributed by atoms with E-state index >= 15 is 0 Å². The number of nitrogens with one attached hydrogen (secondary N) is 1. The van der Waals surface area contributed by atoms with Gasteiger partial charge in [-0.3, -0.25) is 4.79 Å². The van der Waals surface area contributed by atoms with Gasteiger partial charge in [-0.15, -0.1) is 0 Å². The summed E-state index contributed by atoms with van der Waals surface area (Å²) in [7, 11) is 0. The molecule has 3 heteroatoms. The van der Waals surface area contributed by atoms with E-state index in [-0.39, 0.29) is 5.91 Å². The highest BCUT2D eigenvalue weighted by molar-refractivity contribution is 5.93. The summed E-state index contributed by atoms with van der Waals surface area (Å²) in [6, 6.07) is 0.350. The van der Waals surface area contributed by atoms with Crippen molar-refractivity contribution < 1.29 is 4.79 Å². The minimum absolute atomic E-state index is 0.0250. The molecule has 14 heavy (non-hydrogen) atoms. The van der Waals surface area contributed by atoms with Crippen LogP contribution in [0.1, 0.15) is 26.7 Å². The largest absolute Gasteiger partial charge is 0.328 e. The van der Waals surface area contributed by atoms with Gasteiger partial charge in [-0.25, -0.2) is 0 Å². The van der Waals surface area contributed by atoms with E-state index in [1.807, 2.05) is 4.90 Å². The number of carbonyl (C=O) groups excluding carboxylic acids is 1. The lowest BCUT2D eigenvalue weighted by Gasteiger charge is -2.25. The lowest BCUT2D eigenvalue weighted by Crippen LogP contribution is -2.41. The highest BCUT2D eigenvalue weighted by atomic mass is 16.2. The number of nitrogens with zero attached hydrogens (tertiary/aromatic N) is 1. The molecule has 1 unspecified atom stereocenters. The molecular formula is C11H18N2O. The van der Waals surface area contributed by atoms with Gasteiger partial charge in [0.2, 0.25) is 0 Å². The highest BCUT2D eigenvalue weighted by Crippen LogP contribution is 2.09. The quantitative estimate of drug-likeness (QED) is 0.668. The van der Waals surface area contributed by atoms with Crippen molar-refractivity contribution in [2.24, 2.45) is 0 Å². The van der Waals surface area contributed by atoms with Crippen molar-refractivity contribution in [2.45, 2.75) is 32.7 Å². The van der Waals surface area contributed by atoms with Gasteiger partial charge in [0.05, 0.1) is 0 Å². The fourth-order valence-corrected chi connectivity index (χ4v) is 1.78. The molecular weight excluding hydrogens is 176 g/mol. The molecule has 1 aliphatic rings. The van der Waals surface area contributed by atoms with Gasteiger partial charge in [-0.2, -0.15) is 0 Å². The average molecular weight is 194 g/mol. The van der Waals surface area contributed by atoms with E-state index in [1.54, 1.807) is 6.92 Å². The monoisotopic (exact) mass is 194 g/mol. The maximum Gasteiger partial charge on any atom is 0.298 e. The first-order valence-electron chi connectivity index (χ1n) is 5.23. The Labute approximate surface area is 85.9 Å². The van der Waals surface area contributed by atoms with Crippen LogP contribution in [-0.2, 0) is 4.79 Å². The Balaban J connectivity index is 2.60. The van der Waals surface area contributed by atoms with Gasteiger partial charge < -0.3 is 10.2 Å². The van der Waals surface area contributed by atoms with Crippen LogP contribution in [0.15, 0.2) is 0 Å². The Bertz CT molecular complexity index is 246. The molecule has 0 aromatic heterocycles. The molecule has 0 aromatic rings. The second-order valence-electron chi connectivity index (χ2n) is 3.52. The molecule has 0 aromatic carbocycles. The van der Waals surface area contributed by atoms with Crippen molar-refractivity contribution in [3.8, 4) is 11.8 Å². The summed E-state index contributed by atoms with van der Waals surface area (Å²) in [5.41, 5.74) is 0. The van der Waals surface area contributed by atoms with Crippen LogP contribution < -0.4 is 5.32 Å². The summed E-state index contributed by atoms with van der Waals surface area (Å²) in [5.74, 6) is 5.26. The zero-order valence-electron chi connectivity index (χ0n) is 8.97. The molecule has 0 radical (unpaired) electrons. The third-order valence-electron chi connectivity index (χ3n) is 2.43. The number of amides is 1. The Kier molecular flexibility index (Phi) is 4.48. The predicted octanol–water partition coefficient (Wildman–Crippen LogP) is 0.610. The van der Waals surface area contributed by atoms with E-state index in [4.69, 9.17) is 0 Å². The molecule has 0 aliphatic carbocycles. The van der Waals surface area contributed by atoms with Gasteiger partial charge in [-0.1, -0.05) is 12.8 Å². The van der Waals surface area contributed by atoms with Crippen LogP contribution in [0.2, 0.25) is 0 Å². The van der Waals surface area contributed by atoms with Crippen LogP contribution in [0.25, 0.3) is 0 Å². The molecule has 0 spiro atoms. The Morgan fingerprint density at radius 1 is 1.64 bits per heavy atom. The summed E-state index contributed by atoms with van der Waals surface area (Å²) in [6.45, 7) is 6.53. The molecule has 1 saturated heterocycles. The van der Waals surface area contributed by atoms with Gasteiger partial charge >= 0.3 is 0 Å². The van der Waals surface area contributed by atoms with E-state index in [0.29, 0.717) is 6.04 Å². The maximum absolute atomic E-state index is 11.6. The molecule has 1 atom stereocenters. The van der Waals surface area contributed by atoms with Crippen molar-refractivity contribution in [1.82, 2.24) is 10.2 Å². The lowest BCUT2D eigenvalue weighted by molar-refractivity contribution is -0.127. The third kappa shape index (κ3) is 2.74. The zero-order valence-corrected chi connectivity index (χ0v) is 8.97. The zero-order chi connectivity index (χ0) is 10.4. The second kappa shape index (κ2) is 5.66.